The van der Waals surface area contributed by atoms with Crippen molar-refractivity contribution >= 4 is 5.69 Å². The molecule has 0 aliphatic heterocycles. The van der Waals surface area contributed by atoms with Gasteiger partial charge in [-0.25, -0.2) is 0 Å². The van der Waals surface area contributed by atoms with Crippen molar-refractivity contribution in [3.8, 4) is 5.75 Å². The third kappa shape index (κ3) is 4.28. The molecule has 0 fully saturated rings. The van der Waals surface area contributed by atoms with E-state index in [4.69, 9.17) is 4.74 Å². The fraction of sp³-hybridized carbons (Fsp3) is 0.400. The van der Waals surface area contributed by atoms with Crippen molar-refractivity contribution in [1.29, 1.82) is 0 Å². The number of phenols is 1. The van der Waals surface area contributed by atoms with E-state index in [1.165, 1.54) is 5.56 Å². The number of nitrogens with one attached hydrogen (secondary N) is 1. The van der Waals surface area contributed by atoms with E-state index in [-0.39, 0.29) is 0 Å². The van der Waals surface area contributed by atoms with Crippen molar-refractivity contribution in [3.05, 3.63) is 42.2 Å². The van der Waals surface area contributed by atoms with Crippen LogP contribution in [0.1, 0.15) is 12.5 Å². The minimum atomic E-state index is 0.291. The predicted octanol–water partition coefficient (Wildman–Crippen LogP) is 2.28. The monoisotopic (exact) mass is 275 g/mol. The molecule has 1 unspecified atom stereocenters. The molecule has 108 valence electrons. The molecule has 0 aliphatic rings. The van der Waals surface area contributed by atoms with Crippen LogP contribution in [0.2, 0.25) is 0 Å². The molecule has 2 rings (SSSR count). The molecule has 0 amide bonds. The third-order valence-corrected chi connectivity index (χ3v) is 3.05. The number of hydrogen-bond acceptors (Lipinski definition) is 4. The number of benzene rings is 1. The van der Waals surface area contributed by atoms with Crippen molar-refractivity contribution in [2.24, 2.45) is 0 Å². The highest BCUT2D eigenvalue weighted by molar-refractivity contribution is 5.39. The van der Waals surface area contributed by atoms with Gasteiger partial charge in [0.15, 0.2) is 0 Å². The predicted molar refractivity (Wildman–Crippen MR) is 79.0 cm³/mol. The van der Waals surface area contributed by atoms with Gasteiger partial charge in [0.25, 0.3) is 0 Å². The summed E-state index contributed by atoms with van der Waals surface area (Å²) in [5.41, 5.74) is 2.20. The second-order valence-corrected chi connectivity index (χ2v) is 4.90. The molecule has 0 spiro atoms. The Morgan fingerprint density at radius 2 is 2.10 bits per heavy atom. The zero-order chi connectivity index (χ0) is 14.4. The fourth-order valence-corrected chi connectivity index (χ4v) is 2.07. The summed E-state index contributed by atoms with van der Waals surface area (Å²) < 4.78 is 6.88. The molecule has 0 aliphatic carbocycles. The van der Waals surface area contributed by atoms with Gasteiger partial charge < -0.3 is 15.2 Å². The maximum absolute atomic E-state index is 9.26. The Labute approximate surface area is 119 Å². The Hall–Kier alpha value is -2.01. The molecule has 0 saturated carbocycles. The van der Waals surface area contributed by atoms with Crippen LogP contribution in [0, 0.1) is 0 Å². The minimum Gasteiger partial charge on any atom is -0.508 e. The summed E-state index contributed by atoms with van der Waals surface area (Å²) >= 11 is 0. The molecule has 0 saturated heterocycles. The number of phenolic OH excluding ortho intramolecular Hbond substituents is 1. The quantitative estimate of drug-likeness (QED) is 0.814. The van der Waals surface area contributed by atoms with E-state index in [0.717, 1.165) is 18.7 Å². The lowest BCUT2D eigenvalue weighted by Gasteiger charge is -2.13. The van der Waals surface area contributed by atoms with E-state index in [2.05, 4.69) is 17.3 Å². The van der Waals surface area contributed by atoms with Gasteiger partial charge in [0.2, 0.25) is 0 Å². The Balaban J connectivity index is 1.86. The van der Waals surface area contributed by atoms with Crippen molar-refractivity contribution < 1.29 is 9.84 Å². The van der Waals surface area contributed by atoms with Gasteiger partial charge in [0.1, 0.15) is 5.75 Å². The molecule has 1 aromatic heterocycles. The highest BCUT2D eigenvalue weighted by Gasteiger charge is 2.05. The average Bonchev–Trinajstić information content (AvgIpc) is 2.86. The van der Waals surface area contributed by atoms with Crippen molar-refractivity contribution in [1.82, 2.24) is 9.78 Å². The van der Waals surface area contributed by atoms with Crippen LogP contribution >= 0.6 is 0 Å². The average molecular weight is 275 g/mol. The van der Waals surface area contributed by atoms with Crippen LogP contribution in [0.3, 0.4) is 0 Å². The van der Waals surface area contributed by atoms with E-state index in [1.807, 2.05) is 29.2 Å². The lowest BCUT2D eigenvalue weighted by Crippen LogP contribution is -2.17. The Morgan fingerprint density at radius 3 is 2.80 bits per heavy atom. The molecule has 5 nitrogen and oxygen atoms in total. The van der Waals surface area contributed by atoms with Crippen LogP contribution in [-0.2, 0) is 17.7 Å². The molecular weight excluding hydrogens is 254 g/mol. The Morgan fingerprint density at radius 1 is 1.35 bits per heavy atom. The summed E-state index contributed by atoms with van der Waals surface area (Å²) in [6.45, 7) is 3.54. The molecule has 0 bridgehead atoms. The third-order valence-electron chi connectivity index (χ3n) is 3.05. The lowest BCUT2D eigenvalue weighted by molar-refractivity contribution is 0.183. The minimum absolute atomic E-state index is 0.291. The molecule has 2 N–H and O–H groups in total. The molecule has 1 atom stereocenters. The number of aromatic hydroxyl groups is 1. The summed E-state index contributed by atoms with van der Waals surface area (Å²) in [6.07, 6.45) is 4.69. The zero-order valence-corrected chi connectivity index (χ0v) is 11.9. The van der Waals surface area contributed by atoms with E-state index in [1.54, 1.807) is 19.2 Å². The SMILES string of the molecule is COCCn1cc(NC(C)Cc2ccc(O)cc2)cn1. The second-order valence-electron chi connectivity index (χ2n) is 4.90. The van der Waals surface area contributed by atoms with Gasteiger partial charge in [0, 0.05) is 19.3 Å². The maximum atomic E-state index is 9.26. The number of hydrogen-bond donors (Lipinski definition) is 2. The number of anilines is 1. The first kappa shape index (κ1) is 14.4. The molecule has 1 heterocycles. The van der Waals surface area contributed by atoms with Crippen molar-refractivity contribution in [2.75, 3.05) is 19.0 Å². The van der Waals surface area contributed by atoms with E-state index in [9.17, 15) is 5.11 Å². The number of nitrogens with zero attached hydrogens (tertiary/aromatic N) is 2. The molecular formula is C15H21N3O2. The molecule has 20 heavy (non-hydrogen) atoms. The topological polar surface area (TPSA) is 59.3 Å². The van der Waals surface area contributed by atoms with Gasteiger partial charge in [-0.3, -0.25) is 4.68 Å². The Bertz CT molecular complexity index is 522. The van der Waals surface area contributed by atoms with Gasteiger partial charge in [-0.2, -0.15) is 5.10 Å². The summed E-state index contributed by atoms with van der Waals surface area (Å²) in [7, 11) is 1.68. The summed E-state index contributed by atoms with van der Waals surface area (Å²) in [5, 5.41) is 16.9. The van der Waals surface area contributed by atoms with Crippen LogP contribution in [0.25, 0.3) is 0 Å². The first-order valence-corrected chi connectivity index (χ1v) is 6.73. The maximum Gasteiger partial charge on any atom is 0.115 e. The summed E-state index contributed by atoms with van der Waals surface area (Å²) in [6, 6.07) is 7.60. The van der Waals surface area contributed by atoms with Crippen LogP contribution < -0.4 is 5.32 Å². The number of aromatic nitrogens is 2. The summed E-state index contributed by atoms with van der Waals surface area (Å²) in [4.78, 5) is 0. The van der Waals surface area contributed by atoms with Crippen LogP contribution in [0.15, 0.2) is 36.7 Å². The van der Waals surface area contributed by atoms with Crippen molar-refractivity contribution in [2.45, 2.75) is 25.9 Å². The van der Waals surface area contributed by atoms with Gasteiger partial charge in [-0.1, -0.05) is 12.1 Å². The highest BCUT2D eigenvalue weighted by atomic mass is 16.5. The normalized spacial score (nSPS) is 12.3. The van der Waals surface area contributed by atoms with Crippen LogP contribution in [0.5, 0.6) is 5.75 Å². The fourth-order valence-electron chi connectivity index (χ4n) is 2.07. The van der Waals surface area contributed by atoms with E-state index >= 15 is 0 Å². The van der Waals surface area contributed by atoms with Gasteiger partial charge in [-0.15, -0.1) is 0 Å². The number of methoxy groups -OCH3 is 1. The number of ether oxygens (including phenoxy) is 1. The van der Waals surface area contributed by atoms with E-state index in [0.29, 0.717) is 18.4 Å². The van der Waals surface area contributed by atoms with Gasteiger partial charge >= 0.3 is 0 Å². The van der Waals surface area contributed by atoms with Crippen LogP contribution in [0.4, 0.5) is 5.69 Å². The summed E-state index contributed by atoms with van der Waals surface area (Å²) in [5.74, 6) is 0.300. The Kier molecular flexibility index (Phi) is 5.01. The number of rotatable bonds is 7. The largest absolute Gasteiger partial charge is 0.508 e. The smallest absolute Gasteiger partial charge is 0.115 e. The van der Waals surface area contributed by atoms with Gasteiger partial charge in [-0.05, 0) is 31.0 Å². The second kappa shape index (κ2) is 6.96. The molecule has 5 heteroatoms. The lowest BCUT2D eigenvalue weighted by atomic mass is 10.1. The van der Waals surface area contributed by atoms with Gasteiger partial charge in [0.05, 0.1) is 25.0 Å². The molecule has 2 aromatic rings. The van der Waals surface area contributed by atoms with Crippen molar-refractivity contribution in [3.63, 3.8) is 0 Å². The zero-order valence-electron chi connectivity index (χ0n) is 11.9. The van der Waals surface area contributed by atoms with E-state index < -0.39 is 0 Å². The van der Waals surface area contributed by atoms with Crippen LogP contribution in [-0.4, -0.2) is 34.6 Å². The highest BCUT2D eigenvalue weighted by Crippen LogP contribution is 2.13. The first-order valence-electron chi connectivity index (χ1n) is 6.73. The standard InChI is InChI=1S/C15H21N3O2/c1-12(9-13-3-5-15(19)6-4-13)17-14-10-16-18(11-14)7-8-20-2/h3-6,10-12,17,19H,7-9H2,1-2H3. The first-order chi connectivity index (χ1) is 9.67. The molecule has 0 radical (unpaired) electrons. The molecule has 1 aromatic carbocycles.